The van der Waals surface area contributed by atoms with Gasteiger partial charge in [0.05, 0.1) is 42.8 Å². The lowest BCUT2D eigenvalue weighted by molar-refractivity contribution is 0.0950. The standard InChI is InChI=1S/C24H21N5O3/c25-13-17-7-4-5-8-18(17)14-27-16-26-22-21(27)23(30)28(15-20-11-6-12-32-20)24(31)29(22)19-9-2-1-3-10-19/h1-5,7-10,16,20H,6,11-12,14-15H2. The van der Waals surface area contributed by atoms with Crippen LogP contribution in [0.4, 0.5) is 0 Å². The first-order valence-corrected chi connectivity index (χ1v) is 10.5. The van der Waals surface area contributed by atoms with Crippen LogP contribution in [-0.4, -0.2) is 31.4 Å². The maximum Gasteiger partial charge on any atom is 0.337 e. The molecule has 0 amide bonds. The number of benzene rings is 2. The zero-order valence-corrected chi connectivity index (χ0v) is 17.3. The number of imidazole rings is 1. The summed E-state index contributed by atoms with van der Waals surface area (Å²) in [6.45, 7) is 1.13. The van der Waals surface area contributed by atoms with Gasteiger partial charge in [-0.15, -0.1) is 0 Å². The summed E-state index contributed by atoms with van der Waals surface area (Å²) in [7, 11) is 0. The first kappa shape index (κ1) is 20.0. The highest BCUT2D eigenvalue weighted by Crippen LogP contribution is 2.17. The van der Waals surface area contributed by atoms with E-state index < -0.39 is 11.2 Å². The number of hydrogen-bond donors (Lipinski definition) is 0. The summed E-state index contributed by atoms with van der Waals surface area (Å²) in [5.41, 5.74) is 1.71. The molecule has 1 saturated heterocycles. The minimum absolute atomic E-state index is 0.169. The molecule has 2 aromatic heterocycles. The maximum atomic E-state index is 13.5. The van der Waals surface area contributed by atoms with Crippen LogP contribution in [0.1, 0.15) is 24.0 Å². The number of aromatic nitrogens is 4. The molecule has 0 radical (unpaired) electrons. The van der Waals surface area contributed by atoms with Gasteiger partial charge < -0.3 is 9.30 Å². The molecule has 1 fully saturated rings. The second-order valence-corrected chi connectivity index (χ2v) is 7.82. The van der Waals surface area contributed by atoms with Crippen molar-refractivity contribution in [2.24, 2.45) is 0 Å². The monoisotopic (exact) mass is 427 g/mol. The number of hydrogen-bond acceptors (Lipinski definition) is 5. The van der Waals surface area contributed by atoms with Crippen molar-refractivity contribution in [2.75, 3.05) is 6.61 Å². The van der Waals surface area contributed by atoms with Crippen LogP contribution in [0, 0.1) is 11.3 Å². The summed E-state index contributed by atoms with van der Waals surface area (Å²) >= 11 is 0. The normalized spacial score (nSPS) is 15.8. The van der Waals surface area contributed by atoms with Gasteiger partial charge in [0.25, 0.3) is 5.56 Å². The van der Waals surface area contributed by atoms with Gasteiger partial charge in [-0.1, -0.05) is 36.4 Å². The SMILES string of the molecule is N#Cc1ccccc1Cn1cnc2c1c(=O)n(CC1CCCO1)c(=O)n2-c1ccccc1. The Morgan fingerprint density at radius 2 is 1.88 bits per heavy atom. The van der Waals surface area contributed by atoms with Crippen molar-refractivity contribution in [3.63, 3.8) is 0 Å². The van der Waals surface area contributed by atoms with Crippen molar-refractivity contribution in [1.29, 1.82) is 5.26 Å². The van der Waals surface area contributed by atoms with Crippen LogP contribution < -0.4 is 11.2 Å². The Hall–Kier alpha value is -3.96. The number of para-hydroxylation sites is 1. The summed E-state index contributed by atoms with van der Waals surface area (Å²) < 4.78 is 10.1. The quantitative estimate of drug-likeness (QED) is 0.488. The zero-order valence-electron chi connectivity index (χ0n) is 17.3. The van der Waals surface area contributed by atoms with Gasteiger partial charge in [-0.3, -0.25) is 9.36 Å². The smallest absolute Gasteiger partial charge is 0.337 e. The van der Waals surface area contributed by atoms with Crippen LogP contribution >= 0.6 is 0 Å². The topological polar surface area (TPSA) is 94.8 Å². The number of ether oxygens (including phenoxy) is 1. The summed E-state index contributed by atoms with van der Waals surface area (Å²) in [4.78, 5) is 31.4. The van der Waals surface area contributed by atoms with Gasteiger partial charge in [0.2, 0.25) is 0 Å². The lowest BCUT2D eigenvalue weighted by Gasteiger charge is -2.15. The maximum absolute atomic E-state index is 13.5. The van der Waals surface area contributed by atoms with E-state index in [1.807, 2.05) is 42.5 Å². The highest BCUT2D eigenvalue weighted by molar-refractivity contribution is 5.72. The van der Waals surface area contributed by atoms with Crippen LogP contribution in [0.25, 0.3) is 16.9 Å². The Balaban J connectivity index is 1.73. The van der Waals surface area contributed by atoms with E-state index in [2.05, 4.69) is 11.1 Å². The van der Waals surface area contributed by atoms with Crippen LogP contribution in [0.15, 0.2) is 70.5 Å². The summed E-state index contributed by atoms with van der Waals surface area (Å²) in [5, 5.41) is 9.45. The van der Waals surface area contributed by atoms with Crippen molar-refractivity contribution in [1.82, 2.24) is 18.7 Å². The Labute approximate surface area is 183 Å². The molecule has 0 bridgehead atoms. The molecule has 0 spiro atoms. The van der Waals surface area contributed by atoms with E-state index in [0.717, 1.165) is 18.4 Å². The van der Waals surface area contributed by atoms with Crippen LogP contribution in [0.2, 0.25) is 0 Å². The molecule has 0 N–H and O–H groups in total. The van der Waals surface area contributed by atoms with Crippen LogP contribution in [0.3, 0.4) is 0 Å². The third-order valence-electron chi connectivity index (χ3n) is 5.80. The Morgan fingerprint density at radius 1 is 1.09 bits per heavy atom. The molecule has 4 aromatic rings. The molecule has 8 nitrogen and oxygen atoms in total. The Morgan fingerprint density at radius 3 is 2.62 bits per heavy atom. The van der Waals surface area contributed by atoms with Crippen LogP contribution in [-0.2, 0) is 17.8 Å². The number of nitrogens with zero attached hydrogens (tertiary/aromatic N) is 5. The molecule has 2 aromatic carbocycles. The number of nitriles is 1. The van der Waals surface area contributed by atoms with Gasteiger partial charge in [-0.05, 0) is 36.6 Å². The fourth-order valence-corrected chi connectivity index (χ4v) is 4.21. The summed E-state index contributed by atoms with van der Waals surface area (Å²) in [5.74, 6) is 0. The van der Waals surface area contributed by atoms with Gasteiger partial charge in [-0.25, -0.2) is 14.3 Å². The molecule has 160 valence electrons. The number of rotatable bonds is 5. The van der Waals surface area contributed by atoms with E-state index in [1.165, 1.54) is 9.13 Å². The van der Waals surface area contributed by atoms with Gasteiger partial charge in [0, 0.05) is 6.61 Å². The lowest BCUT2D eigenvalue weighted by Crippen LogP contribution is -2.42. The van der Waals surface area contributed by atoms with Gasteiger partial charge in [0.1, 0.15) is 0 Å². The van der Waals surface area contributed by atoms with Crippen molar-refractivity contribution in [3.05, 3.63) is 92.9 Å². The van der Waals surface area contributed by atoms with Gasteiger partial charge in [0.15, 0.2) is 11.2 Å². The molecule has 0 aliphatic carbocycles. The molecular formula is C24H21N5O3. The fraction of sp³-hybridized carbons (Fsp3) is 0.250. The third kappa shape index (κ3) is 3.43. The molecule has 3 heterocycles. The second kappa shape index (κ2) is 8.29. The third-order valence-corrected chi connectivity index (χ3v) is 5.80. The highest BCUT2D eigenvalue weighted by Gasteiger charge is 2.23. The molecule has 1 unspecified atom stereocenters. The average molecular weight is 427 g/mol. The molecule has 5 rings (SSSR count). The molecule has 1 aliphatic rings. The van der Waals surface area contributed by atoms with Crippen molar-refractivity contribution < 1.29 is 4.74 Å². The molecular weight excluding hydrogens is 406 g/mol. The first-order chi connectivity index (χ1) is 15.7. The van der Waals surface area contributed by atoms with Gasteiger partial charge in [-0.2, -0.15) is 5.26 Å². The minimum Gasteiger partial charge on any atom is -0.376 e. The van der Waals surface area contributed by atoms with Crippen molar-refractivity contribution >= 4 is 11.2 Å². The van der Waals surface area contributed by atoms with E-state index in [1.54, 1.807) is 23.0 Å². The van der Waals surface area contributed by atoms with E-state index in [9.17, 15) is 14.9 Å². The summed E-state index contributed by atoms with van der Waals surface area (Å²) in [6.07, 6.45) is 3.11. The van der Waals surface area contributed by atoms with E-state index in [4.69, 9.17) is 4.74 Å². The molecule has 1 atom stereocenters. The zero-order chi connectivity index (χ0) is 22.1. The Bertz CT molecular complexity index is 1440. The number of fused-ring (bicyclic) bond motifs is 1. The fourth-order valence-electron chi connectivity index (χ4n) is 4.21. The largest absolute Gasteiger partial charge is 0.376 e. The van der Waals surface area contributed by atoms with E-state index >= 15 is 0 Å². The first-order valence-electron chi connectivity index (χ1n) is 10.5. The second-order valence-electron chi connectivity index (χ2n) is 7.82. The lowest BCUT2D eigenvalue weighted by atomic mass is 10.1. The van der Waals surface area contributed by atoms with E-state index in [-0.39, 0.29) is 12.6 Å². The van der Waals surface area contributed by atoms with Crippen molar-refractivity contribution in [3.8, 4) is 11.8 Å². The summed E-state index contributed by atoms with van der Waals surface area (Å²) in [6, 6.07) is 18.6. The average Bonchev–Trinajstić information content (AvgIpc) is 3.48. The Kier molecular flexibility index (Phi) is 5.17. The van der Waals surface area contributed by atoms with E-state index in [0.29, 0.717) is 35.6 Å². The van der Waals surface area contributed by atoms with Gasteiger partial charge >= 0.3 is 5.69 Å². The molecule has 8 heteroatoms. The predicted molar refractivity (Wildman–Crippen MR) is 119 cm³/mol. The molecule has 0 saturated carbocycles. The van der Waals surface area contributed by atoms with Crippen LogP contribution in [0.5, 0.6) is 0 Å². The minimum atomic E-state index is -0.438. The molecule has 1 aliphatic heterocycles. The highest BCUT2D eigenvalue weighted by atomic mass is 16.5. The molecule has 32 heavy (non-hydrogen) atoms. The predicted octanol–water partition coefficient (Wildman–Crippen LogP) is 2.45. The van der Waals surface area contributed by atoms with Crippen molar-refractivity contribution in [2.45, 2.75) is 32.0 Å².